The number of alkyl halides is 3. The van der Waals surface area contributed by atoms with Crippen LogP contribution in [0.15, 0.2) is 36.5 Å². The maximum Gasteiger partial charge on any atom is 0.401 e. The molecule has 1 nitrogen and oxygen atoms in total. The van der Waals surface area contributed by atoms with Gasteiger partial charge in [-0.3, -0.25) is 0 Å². The van der Waals surface area contributed by atoms with Crippen LogP contribution in [-0.4, -0.2) is 19.3 Å². The second kappa shape index (κ2) is 6.53. The lowest BCUT2D eigenvalue weighted by atomic mass is 10.0. The first-order valence-electron chi connectivity index (χ1n) is 5.04. The molecule has 92 valence electrons. The van der Waals surface area contributed by atoms with Gasteiger partial charge in [-0.15, -0.1) is 0 Å². The Balaban J connectivity index is 3.88. The number of hydrogen-bond acceptors (Lipinski definition) is 1. The van der Waals surface area contributed by atoms with Crippen LogP contribution in [0.2, 0.25) is 0 Å². The van der Waals surface area contributed by atoms with Crippen LogP contribution < -0.4 is 5.32 Å². The van der Waals surface area contributed by atoms with Crippen molar-refractivity contribution in [2.24, 2.45) is 5.92 Å². The highest BCUT2D eigenvalue weighted by molar-refractivity contribution is 5.26. The highest BCUT2D eigenvalue weighted by atomic mass is 19.4. The van der Waals surface area contributed by atoms with Crippen LogP contribution in [0.3, 0.4) is 0 Å². The summed E-state index contributed by atoms with van der Waals surface area (Å²) in [6.07, 6.45) is -0.709. The Kier molecular flexibility index (Phi) is 6.11. The van der Waals surface area contributed by atoms with E-state index in [2.05, 4.69) is 18.5 Å². The zero-order valence-corrected chi connectivity index (χ0v) is 9.69. The molecule has 0 heterocycles. The van der Waals surface area contributed by atoms with Gasteiger partial charge in [-0.1, -0.05) is 44.7 Å². The van der Waals surface area contributed by atoms with Crippen molar-refractivity contribution in [1.29, 1.82) is 0 Å². The Morgan fingerprint density at radius 1 is 1.25 bits per heavy atom. The maximum atomic E-state index is 11.8. The molecular formula is C12H18F3N. The summed E-state index contributed by atoms with van der Waals surface area (Å²) in [5, 5.41) is 2.27. The van der Waals surface area contributed by atoms with Gasteiger partial charge in [0.25, 0.3) is 0 Å². The minimum Gasteiger partial charge on any atom is -0.305 e. The van der Waals surface area contributed by atoms with Crippen molar-refractivity contribution >= 4 is 0 Å². The second-order valence-corrected chi connectivity index (χ2v) is 3.94. The molecular weight excluding hydrogens is 215 g/mol. The van der Waals surface area contributed by atoms with E-state index >= 15 is 0 Å². The molecule has 0 amide bonds. The maximum absolute atomic E-state index is 11.8. The quantitative estimate of drug-likeness (QED) is 0.693. The van der Waals surface area contributed by atoms with Gasteiger partial charge in [0.1, 0.15) is 0 Å². The van der Waals surface area contributed by atoms with Gasteiger partial charge >= 0.3 is 6.18 Å². The van der Waals surface area contributed by atoms with Gasteiger partial charge in [-0.05, 0) is 11.5 Å². The molecule has 0 saturated heterocycles. The molecule has 0 rings (SSSR count). The van der Waals surface area contributed by atoms with Crippen LogP contribution in [0.25, 0.3) is 0 Å². The molecule has 0 atom stereocenters. The lowest BCUT2D eigenvalue weighted by Crippen LogP contribution is -2.29. The van der Waals surface area contributed by atoms with Crippen LogP contribution in [-0.2, 0) is 0 Å². The Hall–Kier alpha value is -1.03. The molecule has 0 fully saturated rings. The first kappa shape index (κ1) is 15.0. The molecule has 0 saturated carbocycles. The standard InChI is InChI=1S/C12H18F3N/c1-9(2)11(4)6-5-10(3)7-16-8-12(13,14)15/h5-6,9,16H,3-4,7-8H2,1-2H3/b6-5-. The molecule has 0 unspecified atom stereocenters. The zero-order chi connectivity index (χ0) is 12.8. The van der Waals surface area contributed by atoms with Gasteiger partial charge in [0.2, 0.25) is 0 Å². The van der Waals surface area contributed by atoms with Crippen molar-refractivity contribution in [1.82, 2.24) is 5.32 Å². The fraction of sp³-hybridized carbons (Fsp3) is 0.500. The third-order valence-electron chi connectivity index (χ3n) is 1.95. The summed E-state index contributed by atoms with van der Waals surface area (Å²) < 4.78 is 35.4. The summed E-state index contributed by atoms with van der Waals surface area (Å²) in [5.74, 6) is 0.326. The van der Waals surface area contributed by atoms with E-state index in [0.717, 1.165) is 5.57 Å². The normalized spacial score (nSPS) is 12.4. The molecule has 0 radical (unpaired) electrons. The summed E-state index contributed by atoms with van der Waals surface area (Å²) >= 11 is 0. The van der Waals surface area contributed by atoms with Crippen molar-refractivity contribution < 1.29 is 13.2 Å². The van der Waals surface area contributed by atoms with Gasteiger partial charge in [0.15, 0.2) is 0 Å². The molecule has 0 aromatic carbocycles. The molecule has 0 bridgehead atoms. The summed E-state index contributed by atoms with van der Waals surface area (Å²) in [5.41, 5.74) is 1.53. The Morgan fingerprint density at radius 3 is 2.25 bits per heavy atom. The predicted molar refractivity (Wildman–Crippen MR) is 61.2 cm³/mol. The Morgan fingerprint density at radius 2 is 1.81 bits per heavy atom. The topological polar surface area (TPSA) is 12.0 Å². The number of halogens is 3. The molecule has 0 aromatic heterocycles. The summed E-state index contributed by atoms with van der Waals surface area (Å²) in [7, 11) is 0. The molecule has 0 aromatic rings. The van der Waals surface area contributed by atoms with Gasteiger partial charge in [-0.2, -0.15) is 13.2 Å². The number of nitrogens with one attached hydrogen (secondary N) is 1. The summed E-state index contributed by atoms with van der Waals surface area (Å²) in [6.45, 7) is 10.6. The second-order valence-electron chi connectivity index (χ2n) is 3.94. The first-order valence-corrected chi connectivity index (χ1v) is 5.04. The minimum atomic E-state index is -4.18. The fourth-order valence-electron chi connectivity index (χ4n) is 0.841. The third kappa shape index (κ3) is 8.29. The van der Waals surface area contributed by atoms with E-state index < -0.39 is 12.7 Å². The smallest absolute Gasteiger partial charge is 0.305 e. The van der Waals surface area contributed by atoms with Crippen molar-refractivity contribution in [3.63, 3.8) is 0 Å². The molecule has 0 spiro atoms. The number of rotatable bonds is 6. The van der Waals surface area contributed by atoms with E-state index in [1.807, 2.05) is 13.8 Å². The summed E-state index contributed by atoms with van der Waals surface area (Å²) in [6, 6.07) is 0. The van der Waals surface area contributed by atoms with E-state index in [1.165, 1.54) is 0 Å². The molecule has 0 aliphatic rings. The van der Waals surface area contributed by atoms with Crippen molar-refractivity contribution in [2.45, 2.75) is 20.0 Å². The molecule has 16 heavy (non-hydrogen) atoms. The van der Waals surface area contributed by atoms with Crippen molar-refractivity contribution in [3.8, 4) is 0 Å². The summed E-state index contributed by atoms with van der Waals surface area (Å²) in [4.78, 5) is 0. The lowest BCUT2D eigenvalue weighted by molar-refractivity contribution is -0.124. The Bertz CT molecular complexity index is 274. The van der Waals surface area contributed by atoms with Crippen LogP contribution in [0.4, 0.5) is 13.2 Å². The van der Waals surface area contributed by atoms with Crippen LogP contribution in [0, 0.1) is 5.92 Å². The minimum absolute atomic E-state index is 0.126. The highest BCUT2D eigenvalue weighted by Crippen LogP contribution is 2.12. The SMILES string of the molecule is C=C(/C=C\C(=C)C(C)C)CNCC(F)(F)F. The Labute approximate surface area is 94.7 Å². The van der Waals surface area contributed by atoms with Crippen LogP contribution in [0.5, 0.6) is 0 Å². The largest absolute Gasteiger partial charge is 0.401 e. The monoisotopic (exact) mass is 233 g/mol. The first-order chi connectivity index (χ1) is 7.22. The van der Waals surface area contributed by atoms with Gasteiger partial charge in [0, 0.05) is 6.54 Å². The van der Waals surface area contributed by atoms with Crippen LogP contribution in [0.1, 0.15) is 13.8 Å². The zero-order valence-electron chi connectivity index (χ0n) is 9.69. The van der Waals surface area contributed by atoms with Crippen molar-refractivity contribution in [3.05, 3.63) is 36.5 Å². The van der Waals surface area contributed by atoms with Gasteiger partial charge in [0.05, 0.1) is 6.54 Å². The fourth-order valence-corrected chi connectivity index (χ4v) is 0.841. The van der Waals surface area contributed by atoms with E-state index in [4.69, 9.17) is 0 Å². The number of hydrogen-bond donors (Lipinski definition) is 1. The molecule has 0 aliphatic carbocycles. The van der Waals surface area contributed by atoms with E-state index in [9.17, 15) is 13.2 Å². The number of allylic oxidation sites excluding steroid dienone is 2. The average molecular weight is 233 g/mol. The van der Waals surface area contributed by atoms with Gasteiger partial charge < -0.3 is 5.32 Å². The average Bonchev–Trinajstić information content (AvgIpc) is 2.11. The van der Waals surface area contributed by atoms with E-state index in [-0.39, 0.29) is 6.54 Å². The van der Waals surface area contributed by atoms with Crippen LogP contribution >= 0.6 is 0 Å². The highest BCUT2D eigenvalue weighted by Gasteiger charge is 2.25. The third-order valence-corrected chi connectivity index (χ3v) is 1.95. The predicted octanol–water partition coefficient (Wildman–Crippen LogP) is 3.46. The molecule has 1 N–H and O–H groups in total. The lowest BCUT2D eigenvalue weighted by Gasteiger charge is -2.08. The molecule has 0 aliphatic heterocycles. The van der Waals surface area contributed by atoms with E-state index in [0.29, 0.717) is 11.5 Å². The molecule has 4 heteroatoms. The van der Waals surface area contributed by atoms with Crippen molar-refractivity contribution in [2.75, 3.05) is 13.1 Å². The van der Waals surface area contributed by atoms with E-state index in [1.54, 1.807) is 12.2 Å². The van der Waals surface area contributed by atoms with Gasteiger partial charge in [-0.25, -0.2) is 0 Å².